The number of fused-ring (bicyclic) bond motifs is 1. The van der Waals surface area contributed by atoms with Crippen molar-refractivity contribution in [2.75, 3.05) is 7.11 Å². The average molecular weight is 197 g/mol. The van der Waals surface area contributed by atoms with E-state index in [1.54, 1.807) is 6.07 Å². The number of hydrogen-bond acceptors (Lipinski definition) is 3. The third kappa shape index (κ3) is 1.31. The van der Waals surface area contributed by atoms with E-state index < -0.39 is 18.1 Å². The van der Waals surface area contributed by atoms with Crippen LogP contribution in [0.25, 0.3) is 0 Å². The Bertz CT molecular complexity index is 380. The van der Waals surface area contributed by atoms with E-state index in [2.05, 4.69) is 10.1 Å². The number of nitrogens with one attached hydrogen (secondary N) is 1. The number of halogens is 1. The van der Waals surface area contributed by atoms with Gasteiger partial charge in [-0.05, 0) is 6.07 Å². The van der Waals surface area contributed by atoms with Gasteiger partial charge in [-0.3, -0.25) is 5.32 Å². The number of benzene rings is 1. The molecule has 1 aromatic carbocycles. The fraction of sp³-hybridized carbons (Fsp3) is 0.222. The molecule has 2 rings (SSSR count). The van der Waals surface area contributed by atoms with Crippen LogP contribution in [0.2, 0.25) is 0 Å². The van der Waals surface area contributed by atoms with Crippen LogP contribution in [-0.2, 0) is 4.74 Å². The summed E-state index contributed by atoms with van der Waals surface area (Å²) in [7, 11) is 1.42. The molecule has 4 nitrogen and oxygen atoms in total. The third-order valence-electron chi connectivity index (χ3n) is 1.96. The summed E-state index contributed by atoms with van der Waals surface area (Å²) >= 11 is 0. The van der Waals surface area contributed by atoms with Gasteiger partial charge < -0.3 is 9.47 Å². The molecule has 0 aromatic heterocycles. The Hall–Kier alpha value is -1.62. The number of carbonyl (C=O) groups excluding carboxylic acids is 1. The van der Waals surface area contributed by atoms with Crippen LogP contribution in [0.1, 0.15) is 11.8 Å². The van der Waals surface area contributed by atoms with Crippen molar-refractivity contribution in [2.45, 2.75) is 6.23 Å². The molecule has 0 bridgehead atoms. The van der Waals surface area contributed by atoms with Crippen molar-refractivity contribution in [1.82, 2.24) is 5.32 Å². The van der Waals surface area contributed by atoms with E-state index in [4.69, 9.17) is 4.74 Å². The van der Waals surface area contributed by atoms with E-state index in [1.807, 2.05) is 0 Å². The lowest BCUT2D eigenvalue weighted by Crippen LogP contribution is -2.37. The highest BCUT2D eigenvalue weighted by Crippen LogP contribution is 2.31. The molecular weight excluding hydrogens is 189 g/mol. The van der Waals surface area contributed by atoms with Crippen LogP contribution < -0.4 is 10.1 Å². The summed E-state index contributed by atoms with van der Waals surface area (Å²) in [6, 6.07) is 4.39. The molecule has 1 heterocycles. The van der Waals surface area contributed by atoms with Crippen molar-refractivity contribution >= 4 is 6.09 Å². The van der Waals surface area contributed by atoms with Gasteiger partial charge in [0.15, 0.2) is 17.8 Å². The van der Waals surface area contributed by atoms with Crippen LogP contribution in [-0.4, -0.2) is 13.2 Å². The molecule has 1 amide bonds. The highest BCUT2D eigenvalue weighted by atomic mass is 19.1. The maximum Gasteiger partial charge on any atom is 0.415 e. The highest BCUT2D eigenvalue weighted by Gasteiger charge is 2.27. The number of carbonyl (C=O) groups is 1. The lowest BCUT2D eigenvalue weighted by atomic mass is 10.1. The van der Waals surface area contributed by atoms with E-state index in [-0.39, 0.29) is 5.75 Å². The van der Waals surface area contributed by atoms with Crippen LogP contribution in [0.15, 0.2) is 18.2 Å². The number of para-hydroxylation sites is 1. The summed E-state index contributed by atoms with van der Waals surface area (Å²) in [5.74, 6) is -0.637. The molecular formula is C9H8FNO3. The minimum absolute atomic E-state index is 0.0666. The van der Waals surface area contributed by atoms with E-state index in [0.717, 1.165) is 0 Å². The predicted molar refractivity (Wildman–Crippen MR) is 45.3 cm³/mol. The average Bonchev–Trinajstić information content (AvgIpc) is 2.18. The van der Waals surface area contributed by atoms with Crippen molar-refractivity contribution in [3.8, 4) is 5.75 Å². The molecule has 14 heavy (non-hydrogen) atoms. The molecule has 0 unspecified atom stereocenters. The Morgan fingerprint density at radius 2 is 2.36 bits per heavy atom. The Kier molecular flexibility index (Phi) is 2.09. The van der Waals surface area contributed by atoms with E-state index in [1.165, 1.54) is 19.2 Å². The zero-order valence-corrected chi connectivity index (χ0v) is 7.41. The van der Waals surface area contributed by atoms with Crippen molar-refractivity contribution in [3.05, 3.63) is 29.6 Å². The van der Waals surface area contributed by atoms with Gasteiger partial charge in [0.25, 0.3) is 0 Å². The second-order valence-electron chi connectivity index (χ2n) is 2.81. The topological polar surface area (TPSA) is 47.6 Å². The molecule has 1 aromatic rings. The van der Waals surface area contributed by atoms with Crippen molar-refractivity contribution in [2.24, 2.45) is 0 Å². The van der Waals surface area contributed by atoms with E-state index in [9.17, 15) is 9.18 Å². The molecule has 0 fully saturated rings. The molecule has 1 aliphatic heterocycles. The lowest BCUT2D eigenvalue weighted by Gasteiger charge is -2.24. The molecule has 0 saturated carbocycles. The summed E-state index contributed by atoms with van der Waals surface area (Å²) in [6.45, 7) is 0. The Balaban J connectivity index is 2.50. The molecule has 0 aliphatic carbocycles. The number of hydrogen-bond donors (Lipinski definition) is 1. The first-order valence-electron chi connectivity index (χ1n) is 4.02. The molecule has 1 N–H and O–H groups in total. The van der Waals surface area contributed by atoms with Crippen molar-refractivity contribution in [3.63, 3.8) is 0 Å². The first-order chi connectivity index (χ1) is 6.72. The predicted octanol–water partition coefficient (Wildman–Crippen LogP) is 1.57. The molecule has 0 radical (unpaired) electrons. The van der Waals surface area contributed by atoms with Crippen LogP contribution in [0.3, 0.4) is 0 Å². The first kappa shape index (κ1) is 8.96. The van der Waals surface area contributed by atoms with E-state index >= 15 is 0 Å². The van der Waals surface area contributed by atoms with Gasteiger partial charge in [0, 0.05) is 12.7 Å². The maximum atomic E-state index is 13.2. The Labute approximate surface area is 79.6 Å². The first-order valence-corrected chi connectivity index (χ1v) is 4.02. The highest BCUT2D eigenvalue weighted by molar-refractivity contribution is 5.73. The zero-order chi connectivity index (χ0) is 10.1. The number of amides is 1. The second-order valence-corrected chi connectivity index (χ2v) is 2.81. The fourth-order valence-corrected chi connectivity index (χ4v) is 1.33. The third-order valence-corrected chi connectivity index (χ3v) is 1.96. The maximum absolute atomic E-state index is 13.2. The monoisotopic (exact) mass is 197 g/mol. The van der Waals surface area contributed by atoms with Crippen molar-refractivity contribution < 1.29 is 18.7 Å². The minimum Gasteiger partial charge on any atom is -0.407 e. The summed E-state index contributed by atoms with van der Waals surface area (Å²) < 4.78 is 22.8. The summed E-state index contributed by atoms with van der Waals surface area (Å²) in [5, 5.41) is 2.40. The molecule has 0 spiro atoms. The normalized spacial score (nSPS) is 19.6. The number of ether oxygens (including phenoxy) is 2. The minimum atomic E-state index is -0.713. The Morgan fingerprint density at radius 1 is 1.57 bits per heavy atom. The molecule has 74 valence electrons. The zero-order valence-electron chi connectivity index (χ0n) is 7.41. The number of rotatable bonds is 1. The van der Waals surface area contributed by atoms with Crippen LogP contribution in [0.4, 0.5) is 9.18 Å². The smallest absolute Gasteiger partial charge is 0.407 e. The van der Waals surface area contributed by atoms with Gasteiger partial charge in [-0.25, -0.2) is 9.18 Å². The van der Waals surface area contributed by atoms with Gasteiger partial charge in [-0.15, -0.1) is 0 Å². The van der Waals surface area contributed by atoms with Gasteiger partial charge >= 0.3 is 6.09 Å². The Morgan fingerprint density at radius 3 is 3.07 bits per heavy atom. The standard InChI is InChI=1S/C9H8FNO3/c1-13-8-5-3-2-4-6(10)7(5)14-9(12)11-8/h2-4,8H,1H3,(H,11,12)/t8-/m1/s1. The van der Waals surface area contributed by atoms with Crippen LogP contribution in [0, 0.1) is 5.82 Å². The van der Waals surface area contributed by atoms with E-state index in [0.29, 0.717) is 5.56 Å². The van der Waals surface area contributed by atoms with Gasteiger partial charge in [0.2, 0.25) is 0 Å². The second kappa shape index (κ2) is 3.26. The van der Waals surface area contributed by atoms with Crippen molar-refractivity contribution in [1.29, 1.82) is 0 Å². The summed E-state index contributed by atoms with van der Waals surface area (Å²) in [5.41, 5.74) is 0.479. The SMILES string of the molecule is CO[C@H]1NC(=O)Oc2c(F)cccc21. The van der Waals surface area contributed by atoms with Crippen LogP contribution in [0.5, 0.6) is 5.75 Å². The van der Waals surface area contributed by atoms with Gasteiger partial charge in [0.05, 0.1) is 0 Å². The van der Waals surface area contributed by atoms with Gasteiger partial charge in [-0.1, -0.05) is 12.1 Å². The number of methoxy groups -OCH3 is 1. The molecule has 5 heteroatoms. The largest absolute Gasteiger partial charge is 0.415 e. The van der Waals surface area contributed by atoms with Gasteiger partial charge in [-0.2, -0.15) is 0 Å². The molecule has 1 aliphatic rings. The molecule has 0 saturated heterocycles. The summed E-state index contributed by atoms with van der Waals surface area (Å²) in [6.07, 6.45) is -1.36. The quantitative estimate of drug-likeness (QED) is 0.743. The van der Waals surface area contributed by atoms with Crippen LogP contribution >= 0.6 is 0 Å². The van der Waals surface area contributed by atoms with Gasteiger partial charge in [0.1, 0.15) is 0 Å². The summed E-state index contributed by atoms with van der Waals surface area (Å²) in [4.78, 5) is 11.0. The fourth-order valence-electron chi connectivity index (χ4n) is 1.33. The molecule has 1 atom stereocenters. The lowest BCUT2D eigenvalue weighted by molar-refractivity contribution is 0.0600.